The molecule has 0 amide bonds. The topological polar surface area (TPSA) is 12.5 Å². The highest BCUT2D eigenvalue weighted by Crippen LogP contribution is 2.54. The lowest BCUT2D eigenvalue weighted by atomic mass is 9.80. The van der Waals surface area contributed by atoms with Crippen molar-refractivity contribution in [2.45, 2.75) is 24.8 Å². The first-order chi connectivity index (χ1) is 11.2. The molecule has 3 heteroatoms. The molecule has 0 N–H and O–H groups in total. The molecule has 0 aromatic heterocycles. The molecule has 0 saturated carbocycles. The van der Waals surface area contributed by atoms with Crippen molar-refractivity contribution in [1.29, 1.82) is 0 Å². The van der Waals surface area contributed by atoms with Crippen molar-refractivity contribution in [2.75, 3.05) is 20.7 Å². The van der Waals surface area contributed by atoms with E-state index in [1.165, 1.54) is 36.1 Å². The Morgan fingerprint density at radius 2 is 1.87 bits per heavy atom. The van der Waals surface area contributed by atoms with Crippen molar-refractivity contribution < 1.29 is 4.74 Å². The lowest BCUT2D eigenvalue weighted by Gasteiger charge is -2.37. The molecule has 2 aromatic rings. The summed E-state index contributed by atoms with van der Waals surface area (Å²) in [6.07, 6.45) is 2.55. The highest BCUT2D eigenvalue weighted by molar-refractivity contribution is 6.30. The Morgan fingerprint density at radius 3 is 2.61 bits per heavy atom. The van der Waals surface area contributed by atoms with Gasteiger partial charge in [0.25, 0.3) is 0 Å². The summed E-state index contributed by atoms with van der Waals surface area (Å²) >= 11 is 6.30. The van der Waals surface area contributed by atoms with Crippen molar-refractivity contribution in [3.05, 3.63) is 64.2 Å². The van der Waals surface area contributed by atoms with Crippen molar-refractivity contribution in [3.63, 3.8) is 0 Å². The fourth-order valence-electron chi connectivity index (χ4n) is 4.57. The van der Waals surface area contributed by atoms with Gasteiger partial charge in [-0.25, -0.2) is 0 Å². The van der Waals surface area contributed by atoms with E-state index in [2.05, 4.69) is 48.3 Å². The maximum atomic E-state index is 6.30. The predicted octanol–water partition coefficient (Wildman–Crippen LogP) is 4.88. The van der Waals surface area contributed by atoms with Gasteiger partial charge in [-0.2, -0.15) is 0 Å². The molecule has 0 bridgehead atoms. The summed E-state index contributed by atoms with van der Waals surface area (Å²) in [5.41, 5.74) is 4.26. The Labute approximate surface area is 143 Å². The lowest BCUT2D eigenvalue weighted by Crippen LogP contribution is -2.34. The van der Waals surface area contributed by atoms with E-state index in [1.54, 1.807) is 7.11 Å². The van der Waals surface area contributed by atoms with E-state index in [0.717, 1.165) is 10.8 Å². The van der Waals surface area contributed by atoms with Crippen molar-refractivity contribution in [1.82, 2.24) is 4.90 Å². The molecule has 3 unspecified atom stereocenters. The Morgan fingerprint density at radius 1 is 1.09 bits per heavy atom. The zero-order valence-corrected chi connectivity index (χ0v) is 14.4. The van der Waals surface area contributed by atoms with Crippen LogP contribution in [0.2, 0.25) is 5.02 Å². The molecule has 120 valence electrons. The maximum Gasteiger partial charge on any atom is 0.118 e. The van der Waals surface area contributed by atoms with Crippen LogP contribution < -0.4 is 4.74 Å². The molecular weight excluding hydrogens is 306 g/mol. The van der Waals surface area contributed by atoms with E-state index in [0.29, 0.717) is 17.9 Å². The number of nitrogens with zero attached hydrogens (tertiary/aromatic N) is 1. The smallest absolute Gasteiger partial charge is 0.118 e. The standard InChI is InChI=1S/C20H22ClNO/c1-22-11-3-4-17-19(13-5-8-15(23-2)9-6-13)16-10-7-14(21)12-18(16)20(17)22/h5-10,12,17,19-20H,3-4,11H2,1-2H3. The Hall–Kier alpha value is -1.51. The highest BCUT2D eigenvalue weighted by Gasteiger charge is 2.44. The number of benzene rings is 2. The molecule has 2 aromatic carbocycles. The molecule has 1 fully saturated rings. The van der Waals surface area contributed by atoms with Gasteiger partial charge in [0.05, 0.1) is 7.11 Å². The van der Waals surface area contributed by atoms with Crippen LogP contribution in [0.1, 0.15) is 41.5 Å². The summed E-state index contributed by atoms with van der Waals surface area (Å²) in [4.78, 5) is 2.51. The minimum Gasteiger partial charge on any atom is -0.497 e. The van der Waals surface area contributed by atoms with Gasteiger partial charge < -0.3 is 4.74 Å². The number of ether oxygens (including phenoxy) is 1. The van der Waals surface area contributed by atoms with Crippen molar-refractivity contribution in [3.8, 4) is 5.75 Å². The van der Waals surface area contributed by atoms with E-state index in [9.17, 15) is 0 Å². The van der Waals surface area contributed by atoms with Crippen LogP contribution in [0.3, 0.4) is 0 Å². The van der Waals surface area contributed by atoms with Gasteiger partial charge in [0.1, 0.15) is 5.75 Å². The fraction of sp³-hybridized carbons (Fsp3) is 0.400. The van der Waals surface area contributed by atoms with Crippen LogP contribution >= 0.6 is 11.6 Å². The van der Waals surface area contributed by atoms with Gasteiger partial charge >= 0.3 is 0 Å². The van der Waals surface area contributed by atoms with Gasteiger partial charge in [0.2, 0.25) is 0 Å². The summed E-state index contributed by atoms with van der Waals surface area (Å²) in [7, 11) is 3.96. The molecule has 2 nitrogen and oxygen atoms in total. The molecule has 0 radical (unpaired) electrons. The third-order valence-electron chi connectivity index (χ3n) is 5.53. The van der Waals surface area contributed by atoms with Crippen LogP contribution in [-0.4, -0.2) is 25.6 Å². The third kappa shape index (κ3) is 2.45. The number of hydrogen-bond donors (Lipinski definition) is 0. The number of piperidine rings is 1. The second kappa shape index (κ2) is 5.85. The number of likely N-dealkylation sites (tertiary alicyclic amines) is 1. The second-order valence-corrected chi connectivity index (χ2v) is 7.19. The fourth-order valence-corrected chi connectivity index (χ4v) is 4.75. The first kappa shape index (κ1) is 15.0. The minimum absolute atomic E-state index is 0.459. The Balaban J connectivity index is 1.82. The SMILES string of the molecule is COc1ccc(C2c3ccc(Cl)cc3C3C2CCCN3C)cc1. The van der Waals surface area contributed by atoms with Gasteiger partial charge in [-0.05, 0) is 73.3 Å². The Bertz CT molecular complexity index is 712. The van der Waals surface area contributed by atoms with Crippen LogP contribution in [0, 0.1) is 5.92 Å². The van der Waals surface area contributed by atoms with E-state index < -0.39 is 0 Å². The average Bonchev–Trinajstić information content (AvgIpc) is 2.89. The number of hydrogen-bond acceptors (Lipinski definition) is 2. The van der Waals surface area contributed by atoms with E-state index in [1.807, 2.05) is 6.07 Å². The zero-order chi connectivity index (χ0) is 16.0. The molecule has 23 heavy (non-hydrogen) atoms. The molecule has 1 aliphatic carbocycles. The van der Waals surface area contributed by atoms with Crippen LogP contribution in [0.15, 0.2) is 42.5 Å². The predicted molar refractivity (Wildman–Crippen MR) is 94.4 cm³/mol. The monoisotopic (exact) mass is 327 g/mol. The zero-order valence-electron chi connectivity index (χ0n) is 13.6. The quantitative estimate of drug-likeness (QED) is 0.779. The van der Waals surface area contributed by atoms with Gasteiger partial charge in [-0.1, -0.05) is 29.8 Å². The summed E-state index contributed by atoms with van der Waals surface area (Å²) < 4.78 is 5.32. The van der Waals surface area contributed by atoms with Crippen LogP contribution in [0.4, 0.5) is 0 Å². The molecule has 1 saturated heterocycles. The average molecular weight is 328 g/mol. The van der Waals surface area contributed by atoms with Gasteiger partial charge in [-0.3, -0.25) is 4.90 Å². The summed E-state index contributed by atoms with van der Waals surface area (Å²) in [6.45, 7) is 1.17. The van der Waals surface area contributed by atoms with Gasteiger partial charge in [-0.15, -0.1) is 0 Å². The molecule has 0 spiro atoms. The van der Waals surface area contributed by atoms with Crippen LogP contribution in [0.5, 0.6) is 5.75 Å². The molecule has 1 aliphatic heterocycles. The van der Waals surface area contributed by atoms with Crippen molar-refractivity contribution >= 4 is 11.6 Å². The number of halogens is 1. The maximum absolute atomic E-state index is 6.30. The summed E-state index contributed by atoms with van der Waals surface area (Å²) in [5, 5.41) is 0.844. The van der Waals surface area contributed by atoms with E-state index >= 15 is 0 Å². The van der Waals surface area contributed by atoms with E-state index in [4.69, 9.17) is 16.3 Å². The molecule has 1 heterocycles. The van der Waals surface area contributed by atoms with Crippen molar-refractivity contribution in [2.24, 2.45) is 5.92 Å². The number of rotatable bonds is 2. The number of methoxy groups -OCH3 is 1. The minimum atomic E-state index is 0.459. The second-order valence-electron chi connectivity index (χ2n) is 6.76. The third-order valence-corrected chi connectivity index (χ3v) is 5.77. The molecule has 3 atom stereocenters. The molecular formula is C20H22ClNO. The van der Waals surface area contributed by atoms with Gasteiger partial charge in [0, 0.05) is 17.0 Å². The summed E-state index contributed by atoms with van der Waals surface area (Å²) in [6, 6.07) is 15.5. The molecule has 4 rings (SSSR count). The van der Waals surface area contributed by atoms with E-state index in [-0.39, 0.29) is 0 Å². The summed E-state index contributed by atoms with van der Waals surface area (Å²) in [5.74, 6) is 2.01. The first-order valence-electron chi connectivity index (χ1n) is 8.32. The largest absolute Gasteiger partial charge is 0.497 e. The van der Waals surface area contributed by atoms with Crippen LogP contribution in [0.25, 0.3) is 0 Å². The lowest BCUT2D eigenvalue weighted by molar-refractivity contribution is 0.127. The highest BCUT2D eigenvalue weighted by atomic mass is 35.5. The first-order valence-corrected chi connectivity index (χ1v) is 8.70. The van der Waals surface area contributed by atoms with Crippen LogP contribution in [-0.2, 0) is 0 Å². The van der Waals surface area contributed by atoms with Gasteiger partial charge in [0.15, 0.2) is 0 Å². The molecule has 2 aliphatic rings. The number of fused-ring (bicyclic) bond motifs is 3. The Kier molecular flexibility index (Phi) is 3.82. The normalized spacial score (nSPS) is 26.7.